The summed E-state index contributed by atoms with van der Waals surface area (Å²) in [5, 5.41) is 8.65. The summed E-state index contributed by atoms with van der Waals surface area (Å²) in [5.41, 5.74) is -1.12. The summed E-state index contributed by atoms with van der Waals surface area (Å²) < 4.78 is 37.3. The number of alkyl halides is 3. The van der Waals surface area contributed by atoms with Gasteiger partial charge in [-0.15, -0.1) is 6.58 Å². The van der Waals surface area contributed by atoms with Gasteiger partial charge in [-0.05, 0) is 6.07 Å². The molecular weight excluding hydrogens is 251 g/mol. The zero-order valence-corrected chi connectivity index (χ0v) is 9.18. The highest BCUT2D eigenvalue weighted by Gasteiger charge is 2.33. The summed E-state index contributed by atoms with van der Waals surface area (Å²) in [6.07, 6.45) is -2.31. The molecule has 1 aromatic rings. The quantitative estimate of drug-likeness (QED) is 0.815. The van der Waals surface area contributed by atoms with E-state index in [1.807, 2.05) is 0 Å². The fourth-order valence-corrected chi connectivity index (χ4v) is 1.19. The topological polar surface area (TPSA) is 66.3 Å². The number of carboxylic acid groups (broad SMARTS) is 1. The van der Waals surface area contributed by atoms with E-state index >= 15 is 0 Å². The molecule has 0 spiro atoms. The molecule has 0 aliphatic rings. The maximum atomic E-state index is 12.4. The minimum Gasteiger partial charge on any atom is -0.480 e. The second-order valence-corrected chi connectivity index (χ2v) is 3.30. The lowest BCUT2D eigenvalue weighted by atomic mass is 10.4. The van der Waals surface area contributed by atoms with Gasteiger partial charge < -0.3 is 10.0 Å². The molecule has 0 bridgehead atoms. The van der Waals surface area contributed by atoms with E-state index in [-0.39, 0.29) is 12.5 Å². The van der Waals surface area contributed by atoms with E-state index in [0.717, 1.165) is 17.2 Å². The first-order valence-electron chi connectivity index (χ1n) is 4.82. The van der Waals surface area contributed by atoms with Crippen LogP contribution in [0.3, 0.4) is 0 Å². The van der Waals surface area contributed by atoms with Crippen LogP contribution in [-0.4, -0.2) is 34.1 Å². The van der Waals surface area contributed by atoms with E-state index < -0.39 is 24.4 Å². The maximum Gasteiger partial charge on any atom is 0.433 e. The third kappa shape index (κ3) is 3.72. The standard InChI is InChI=1S/C10H10F3N3O2/c1-2-5-16(6-8(17)18)9-14-4-3-7(15-9)10(11,12)13/h2-4H,1,5-6H2,(H,17,18). The number of hydrogen-bond donors (Lipinski definition) is 1. The third-order valence-electron chi connectivity index (χ3n) is 1.89. The Morgan fingerprint density at radius 2 is 2.22 bits per heavy atom. The Balaban J connectivity index is 3.05. The van der Waals surface area contributed by atoms with Crippen molar-refractivity contribution in [3.8, 4) is 0 Å². The highest BCUT2D eigenvalue weighted by atomic mass is 19.4. The molecule has 8 heteroatoms. The van der Waals surface area contributed by atoms with Crippen LogP contribution in [0.15, 0.2) is 24.9 Å². The third-order valence-corrected chi connectivity index (χ3v) is 1.89. The first-order valence-corrected chi connectivity index (χ1v) is 4.82. The van der Waals surface area contributed by atoms with Gasteiger partial charge in [0.25, 0.3) is 0 Å². The zero-order chi connectivity index (χ0) is 13.8. The largest absolute Gasteiger partial charge is 0.480 e. The van der Waals surface area contributed by atoms with Crippen LogP contribution in [0.25, 0.3) is 0 Å². The van der Waals surface area contributed by atoms with Gasteiger partial charge in [-0.3, -0.25) is 4.79 Å². The van der Waals surface area contributed by atoms with Crippen molar-refractivity contribution in [2.24, 2.45) is 0 Å². The van der Waals surface area contributed by atoms with Gasteiger partial charge in [-0.2, -0.15) is 13.2 Å². The molecule has 0 saturated heterocycles. The SMILES string of the molecule is C=CCN(CC(=O)O)c1nccc(C(F)(F)F)n1. The Labute approximate surface area is 101 Å². The Kier molecular flexibility index (Phi) is 4.24. The van der Waals surface area contributed by atoms with Crippen LogP contribution in [0.2, 0.25) is 0 Å². The number of anilines is 1. The van der Waals surface area contributed by atoms with Gasteiger partial charge in [0.2, 0.25) is 5.95 Å². The molecule has 0 aliphatic heterocycles. The number of carbonyl (C=O) groups is 1. The van der Waals surface area contributed by atoms with E-state index in [2.05, 4.69) is 16.5 Å². The van der Waals surface area contributed by atoms with Gasteiger partial charge in [0.15, 0.2) is 0 Å². The van der Waals surface area contributed by atoms with Crippen molar-refractivity contribution in [1.82, 2.24) is 9.97 Å². The molecule has 5 nitrogen and oxygen atoms in total. The minimum atomic E-state index is -4.60. The van der Waals surface area contributed by atoms with Gasteiger partial charge in [-0.25, -0.2) is 9.97 Å². The molecule has 1 heterocycles. The van der Waals surface area contributed by atoms with Gasteiger partial charge in [0.1, 0.15) is 12.2 Å². The predicted octanol–water partition coefficient (Wildman–Crippen LogP) is 1.57. The number of halogens is 3. The van der Waals surface area contributed by atoms with E-state index in [4.69, 9.17) is 5.11 Å². The smallest absolute Gasteiger partial charge is 0.433 e. The molecule has 0 aromatic carbocycles. The van der Waals surface area contributed by atoms with Crippen LogP contribution in [0, 0.1) is 0 Å². The van der Waals surface area contributed by atoms with Crippen molar-refractivity contribution in [1.29, 1.82) is 0 Å². The Hall–Kier alpha value is -2.12. The van der Waals surface area contributed by atoms with Crippen molar-refractivity contribution in [2.75, 3.05) is 18.0 Å². The first kappa shape index (κ1) is 13.9. The highest BCUT2D eigenvalue weighted by Crippen LogP contribution is 2.28. The fourth-order valence-electron chi connectivity index (χ4n) is 1.19. The second-order valence-electron chi connectivity index (χ2n) is 3.30. The summed E-state index contributed by atoms with van der Waals surface area (Å²) in [4.78, 5) is 18.6. The molecule has 0 aliphatic carbocycles. The number of hydrogen-bond acceptors (Lipinski definition) is 4. The lowest BCUT2D eigenvalue weighted by Crippen LogP contribution is -2.31. The monoisotopic (exact) mass is 261 g/mol. The van der Waals surface area contributed by atoms with Crippen molar-refractivity contribution in [2.45, 2.75) is 6.18 Å². The summed E-state index contributed by atoms with van der Waals surface area (Å²) in [7, 11) is 0. The van der Waals surface area contributed by atoms with E-state index in [1.165, 1.54) is 6.08 Å². The Bertz CT molecular complexity index is 448. The van der Waals surface area contributed by atoms with Gasteiger partial charge >= 0.3 is 12.1 Å². The Morgan fingerprint density at radius 1 is 1.56 bits per heavy atom. The van der Waals surface area contributed by atoms with Gasteiger partial charge in [-0.1, -0.05) is 6.08 Å². The van der Waals surface area contributed by atoms with Crippen LogP contribution in [0.5, 0.6) is 0 Å². The second kappa shape index (κ2) is 5.48. The number of rotatable bonds is 5. The number of aliphatic carboxylic acids is 1. The van der Waals surface area contributed by atoms with E-state index in [0.29, 0.717) is 0 Å². The van der Waals surface area contributed by atoms with Crippen molar-refractivity contribution in [3.63, 3.8) is 0 Å². The maximum absolute atomic E-state index is 12.4. The molecule has 1 rings (SSSR count). The number of carboxylic acids is 1. The van der Waals surface area contributed by atoms with Crippen molar-refractivity contribution in [3.05, 3.63) is 30.6 Å². The molecule has 0 amide bonds. The summed E-state index contributed by atoms with van der Waals surface area (Å²) >= 11 is 0. The molecule has 18 heavy (non-hydrogen) atoms. The molecule has 0 radical (unpaired) electrons. The highest BCUT2D eigenvalue weighted by molar-refractivity contribution is 5.72. The number of nitrogens with zero attached hydrogens (tertiary/aromatic N) is 3. The fraction of sp³-hybridized carbons (Fsp3) is 0.300. The van der Waals surface area contributed by atoms with Crippen molar-refractivity contribution < 1.29 is 23.1 Å². The number of aromatic nitrogens is 2. The minimum absolute atomic E-state index is 0.0353. The molecule has 0 atom stereocenters. The van der Waals surface area contributed by atoms with E-state index in [9.17, 15) is 18.0 Å². The first-order chi connectivity index (χ1) is 8.34. The average Bonchev–Trinajstić information content (AvgIpc) is 2.27. The molecule has 1 N–H and O–H groups in total. The van der Waals surface area contributed by atoms with E-state index in [1.54, 1.807) is 0 Å². The normalized spacial score (nSPS) is 11.1. The molecular formula is C10H10F3N3O2. The molecule has 98 valence electrons. The van der Waals surface area contributed by atoms with Crippen molar-refractivity contribution >= 4 is 11.9 Å². The lowest BCUT2D eigenvalue weighted by Gasteiger charge is -2.19. The summed E-state index contributed by atoms with van der Waals surface area (Å²) in [6, 6.07) is 0.719. The molecule has 1 aromatic heterocycles. The van der Waals surface area contributed by atoms with Crippen LogP contribution >= 0.6 is 0 Å². The average molecular weight is 261 g/mol. The van der Waals surface area contributed by atoms with Gasteiger partial charge in [0.05, 0.1) is 0 Å². The van der Waals surface area contributed by atoms with Crippen LogP contribution < -0.4 is 4.90 Å². The van der Waals surface area contributed by atoms with Crippen LogP contribution in [0.1, 0.15) is 5.69 Å². The molecule has 0 saturated carbocycles. The lowest BCUT2D eigenvalue weighted by molar-refractivity contribution is -0.141. The predicted molar refractivity (Wildman–Crippen MR) is 57.1 cm³/mol. The van der Waals surface area contributed by atoms with Crippen LogP contribution in [-0.2, 0) is 11.0 Å². The summed E-state index contributed by atoms with van der Waals surface area (Å²) in [5.74, 6) is -1.50. The van der Waals surface area contributed by atoms with Crippen LogP contribution in [0.4, 0.5) is 19.1 Å². The zero-order valence-electron chi connectivity index (χ0n) is 9.18. The van der Waals surface area contributed by atoms with Gasteiger partial charge in [0, 0.05) is 12.7 Å². The molecule has 0 unspecified atom stereocenters. The molecule has 0 fully saturated rings. The summed E-state index contributed by atoms with van der Waals surface area (Å²) in [6.45, 7) is 2.92. The Morgan fingerprint density at radius 3 is 2.72 bits per heavy atom.